The highest BCUT2D eigenvalue weighted by Crippen LogP contribution is 2.10. The summed E-state index contributed by atoms with van der Waals surface area (Å²) in [6.45, 7) is 0.863. The van der Waals surface area contributed by atoms with Gasteiger partial charge in [-0.15, -0.1) is 0 Å². The zero-order valence-corrected chi connectivity index (χ0v) is 13.7. The molecule has 122 valence electrons. The molecule has 0 atom stereocenters. The van der Waals surface area contributed by atoms with Gasteiger partial charge in [0.2, 0.25) is 11.3 Å². The molecule has 0 bridgehead atoms. The smallest absolute Gasteiger partial charge is 0.222 e. The summed E-state index contributed by atoms with van der Waals surface area (Å²) in [6.07, 6.45) is 1.57. The summed E-state index contributed by atoms with van der Waals surface area (Å²) >= 11 is 5.83. The number of carbonyl (C=O) groups is 1. The molecule has 1 heterocycles. The number of fused-ring (bicyclic) bond motifs is 1. The summed E-state index contributed by atoms with van der Waals surface area (Å²) in [5.74, 6) is -0.0745. The third kappa shape index (κ3) is 3.81. The standard InChI is InChI=1S/C18H16ClN3O2/c19-14-7-5-13(6-8-14)11-20-18(24)9-10-22-16-4-2-1-3-15(16)17(23)12-21-22/h1-8,12H,9-11H2,(H,20,24). The van der Waals surface area contributed by atoms with E-state index in [0.29, 0.717) is 23.5 Å². The van der Waals surface area contributed by atoms with E-state index in [1.165, 1.54) is 6.20 Å². The highest BCUT2D eigenvalue weighted by Gasteiger charge is 2.06. The second kappa shape index (κ2) is 7.27. The van der Waals surface area contributed by atoms with Crippen molar-refractivity contribution >= 4 is 28.4 Å². The molecule has 3 aromatic rings. The van der Waals surface area contributed by atoms with Crippen LogP contribution in [0.3, 0.4) is 0 Å². The fourth-order valence-corrected chi connectivity index (χ4v) is 2.56. The van der Waals surface area contributed by atoms with Crippen molar-refractivity contribution in [3.8, 4) is 0 Å². The minimum atomic E-state index is -0.117. The van der Waals surface area contributed by atoms with Crippen molar-refractivity contribution in [1.82, 2.24) is 15.1 Å². The summed E-state index contributed by atoms with van der Waals surface area (Å²) < 4.78 is 1.68. The average Bonchev–Trinajstić information content (AvgIpc) is 2.61. The summed E-state index contributed by atoms with van der Waals surface area (Å²) in [7, 11) is 0. The van der Waals surface area contributed by atoms with Crippen LogP contribution in [0.2, 0.25) is 5.02 Å². The topological polar surface area (TPSA) is 64.0 Å². The van der Waals surface area contributed by atoms with Gasteiger partial charge in [0.15, 0.2) is 0 Å². The van der Waals surface area contributed by atoms with Gasteiger partial charge >= 0.3 is 0 Å². The molecule has 1 aromatic heterocycles. The van der Waals surface area contributed by atoms with Crippen molar-refractivity contribution in [1.29, 1.82) is 0 Å². The van der Waals surface area contributed by atoms with Crippen LogP contribution in [0.5, 0.6) is 0 Å². The lowest BCUT2D eigenvalue weighted by atomic mass is 10.2. The van der Waals surface area contributed by atoms with E-state index in [1.807, 2.05) is 30.3 Å². The fourth-order valence-electron chi connectivity index (χ4n) is 2.44. The summed E-state index contributed by atoms with van der Waals surface area (Å²) in [5.41, 5.74) is 1.60. The molecule has 0 aliphatic carbocycles. The van der Waals surface area contributed by atoms with Crippen LogP contribution in [0.15, 0.2) is 59.5 Å². The first-order valence-corrected chi connectivity index (χ1v) is 7.97. The molecule has 1 N–H and O–H groups in total. The molecule has 0 saturated carbocycles. The van der Waals surface area contributed by atoms with Crippen LogP contribution in [0.1, 0.15) is 12.0 Å². The maximum atomic E-state index is 12.0. The Hall–Kier alpha value is -2.66. The zero-order valence-electron chi connectivity index (χ0n) is 12.9. The van der Waals surface area contributed by atoms with E-state index in [9.17, 15) is 9.59 Å². The van der Waals surface area contributed by atoms with E-state index in [-0.39, 0.29) is 17.8 Å². The van der Waals surface area contributed by atoms with Gasteiger partial charge in [0.1, 0.15) is 0 Å². The molecular formula is C18H16ClN3O2. The molecule has 3 rings (SSSR count). The van der Waals surface area contributed by atoms with Crippen LogP contribution in [0, 0.1) is 0 Å². The number of aryl methyl sites for hydroxylation is 1. The van der Waals surface area contributed by atoms with E-state index in [2.05, 4.69) is 10.4 Å². The van der Waals surface area contributed by atoms with Gasteiger partial charge in [0.25, 0.3) is 0 Å². The van der Waals surface area contributed by atoms with Crippen LogP contribution < -0.4 is 10.7 Å². The number of hydrogen-bond acceptors (Lipinski definition) is 3. The lowest BCUT2D eigenvalue weighted by Gasteiger charge is -2.09. The number of halogens is 1. The average molecular weight is 342 g/mol. The van der Waals surface area contributed by atoms with Crippen molar-refractivity contribution in [2.75, 3.05) is 0 Å². The van der Waals surface area contributed by atoms with Gasteiger partial charge in [-0.05, 0) is 29.8 Å². The minimum Gasteiger partial charge on any atom is -0.352 e. The fraction of sp³-hybridized carbons (Fsp3) is 0.167. The Morgan fingerprint density at radius 1 is 1.12 bits per heavy atom. The Labute approximate surface area is 143 Å². The van der Waals surface area contributed by atoms with Gasteiger partial charge < -0.3 is 5.32 Å². The van der Waals surface area contributed by atoms with Crippen LogP contribution in [0.25, 0.3) is 10.9 Å². The highest BCUT2D eigenvalue weighted by atomic mass is 35.5. The van der Waals surface area contributed by atoms with Crippen molar-refractivity contribution in [2.24, 2.45) is 0 Å². The molecule has 6 heteroatoms. The Bertz CT molecular complexity index is 919. The summed E-state index contributed by atoms with van der Waals surface area (Å²) in [5, 5.41) is 8.25. The number of carbonyl (C=O) groups excluding carboxylic acids is 1. The van der Waals surface area contributed by atoms with E-state index in [4.69, 9.17) is 11.6 Å². The number of rotatable bonds is 5. The number of nitrogens with one attached hydrogen (secondary N) is 1. The number of nitrogens with zero attached hydrogens (tertiary/aromatic N) is 2. The molecule has 0 spiro atoms. The molecule has 0 saturated heterocycles. The van der Waals surface area contributed by atoms with E-state index in [0.717, 1.165) is 11.1 Å². The number of hydrogen-bond donors (Lipinski definition) is 1. The normalized spacial score (nSPS) is 10.7. The second-order valence-electron chi connectivity index (χ2n) is 5.40. The van der Waals surface area contributed by atoms with Crippen LogP contribution in [-0.4, -0.2) is 15.7 Å². The molecule has 0 unspecified atom stereocenters. The second-order valence-corrected chi connectivity index (χ2v) is 5.84. The zero-order chi connectivity index (χ0) is 16.9. The molecule has 24 heavy (non-hydrogen) atoms. The molecule has 1 amide bonds. The Morgan fingerprint density at radius 2 is 1.88 bits per heavy atom. The van der Waals surface area contributed by atoms with Crippen molar-refractivity contribution < 1.29 is 4.79 Å². The molecule has 0 fully saturated rings. The summed E-state index contributed by atoms with van der Waals surface area (Å²) in [6, 6.07) is 14.6. The maximum absolute atomic E-state index is 12.0. The van der Waals surface area contributed by atoms with Gasteiger partial charge in [-0.1, -0.05) is 35.9 Å². The highest BCUT2D eigenvalue weighted by molar-refractivity contribution is 6.30. The first kappa shape index (κ1) is 16.2. The van der Waals surface area contributed by atoms with Crippen LogP contribution >= 0.6 is 11.6 Å². The van der Waals surface area contributed by atoms with Gasteiger partial charge in [0, 0.05) is 23.4 Å². The number of aromatic nitrogens is 2. The first-order chi connectivity index (χ1) is 11.6. The first-order valence-electron chi connectivity index (χ1n) is 7.59. The van der Waals surface area contributed by atoms with Crippen molar-refractivity contribution in [3.63, 3.8) is 0 Å². The molecule has 5 nitrogen and oxygen atoms in total. The van der Waals surface area contributed by atoms with Crippen molar-refractivity contribution in [2.45, 2.75) is 19.5 Å². The van der Waals surface area contributed by atoms with Gasteiger partial charge in [-0.25, -0.2) is 0 Å². The van der Waals surface area contributed by atoms with E-state index < -0.39 is 0 Å². The quantitative estimate of drug-likeness (QED) is 0.776. The monoisotopic (exact) mass is 341 g/mol. The predicted octanol–water partition coefficient (Wildman–Crippen LogP) is 2.76. The largest absolute Gasteiger partial charge is 0.352 e. The number of benzene rings is 2. The molecule has 0 radical (unpaired) electrons. The molecule has 2 aromatic carbocycles. The molecule has 0 aliphatic heterocycles. The number of para-hydroxylation sites is 1. The SMILES string of the molecule is O=C(CCn1ncc(=O)c2ccccc21)NCc1ccc(Cl)cc1. The van der Waals surface area contributed by atoms with Gasteiger partial charge in [0.05, 0.1) is 18.3 Å². The third-order valence-electron chi connectivity index (χ3n) is 3.72. The van der Waals surface area contributed by atoms with Gasteiger partial charge in [-0.2, -0.15) is 5.10 Å². The van der Waals surface area contributed by atoms with Crippen molar-refractivity contribution in [3.05, 3.63) is 75.5 Å². The van der Waals surface area contributed by atoms with Gasteiger partial charge in [-0.3, -0.25) is 14.3 Å². The predicted molar refractivity (Wildman–Crippen MR) is 93.9 cm³/mol. The number of amides is 1. The molecular weight excluding hydrogens is 326 g/mol. The Balaban J connectivity index is 1.61. The van der Waals surface area contributed by atoms with E-state index >= 15 is 0 Å². The minimum absolute atomic E-state index is 0.0745. The lowest BCUT2D eigenvalue weighted by Crippen LogP contribution is -2.24. The maximum Gasteiger partial charge on any atom is 0.222 e. The van der Waals surface area contributed by atoms with Crippen LogP contribution in [0.4, 0.5) is 0 Å². The van der Waals surface area contributed by atoms with E-state index in [1.54, 1.807) is 22.9 Å². The Kier molecular flexibility index (Phi) is 4.91. The molecule has 0 aliphatic rings. The Morgan fingerprint density at radius 3 is 2.67 bits per heavy atom. The summed E-state index contributed by atoms with van der Waals surface area (Å²) in [4.78, 5) is 23.8. The third-order valence-corrected chi connectivity index (χ3v) is 3.97. The lowest BCUT2D eigenvalue weighted by molar-refractivity contribution is -0.121. The van der Waals surface area contributed by atoms with Crippen LogP contribution in [-0.2, 0) is 17.9 Å².